The van der Waals surface area contributed by atoms with Crippen LogP contribution in [0.3, 0.4) is 0 Å². The number of rotatable bonds is 2. The van der Waals surface area contributed by atoms with Crippen LogP contribution in [0.5, 0.6) is 0 Å². The Morgan fingerprint density at radius 2 is 2.14 bits per heavy atom. The lowest BCUT2D eigenvalue weighted by Gasteiger charge is -2.18. The summed E-state index contributed by atoms with van der Waals surface area (Å²) < 4.78 is 0. The van der Waals surface area contributed by atoms with Gasteiger partial charge in [0.05, 0.1) is 0 Å². The molecule has 0 amide bonds. The first kappa shape index (κ1) is 9.45. The van der Waals surface area contributed by atoms with Gasteiger partial charge in [-0.05, 0) is 29.5 Å². The molecule has 0 saturated heterocycles. The van der Waals surface area contributed by atoms with Crippen LogP contribution < -0.4 is 0 Å². The fourth-order valence-electron chi connectivity index (χ4n) is 2.24. The van der Waals surface area contributed by atoms with Gasteiger partial charge in [-0.2, -0.15) is 0 Å². The molecular weight excluding hydrogens is 172 g/mol. The molecule has 0 aliphatic heterocycles. The largest absolute Gasteiger partial charge is 0.299 e. The van der Waals surface area contributed by atoms with Crippen LogP contribution in [-0.4, -0.2) is 5.78 Å². The third-order valence-electron chi connectivity index (χ3n) is 2.93. The van der Waals surface area contributed by atoms with Crippen LogP contribution in [0.25, 0.3) is 0 Å². The molecule has 0 bridgehead atoms. The molecule has 14 heavy (non-hydrogen) atoms. The highest BCUT2D eigenvalue weighted by Crippen LogP contribution is 2.23. The summed E-state index contributed by atoms with van der Waals surface area (Å²) in [7, 11) is 0. The van der Waals surface area contributed by atoms with Gasteiger partial charge in [-0.15, -0.1) is 0 Å². The summed E-state index contributed by atoms with van der Waals surface area (Å²) in [5.74, 6) is 0.395. The van der Waals surface area contributed by atoms with Crippen LogP contribution in [-0.2, 0) is 24.1 Å². The minimum absolute atomic E-state index is 0.395. The Hall–Kier alpha value is -1.11. The van der Waals surface area contributed by atoms with Crippen molar-refractivity contribution in [3.8, 4) is 0 Å². The highest BCUT2D eigenvalue weighted by Gasteiger charge is 2.17. The van der Waals surface area contributed by atoms with Gasteiger partial charge in [-0.1, -0.05) is 31.5 Å². The summed E-state index contributed by atoms with van der Waals surface area (Å²) in [4.78, 5) is 11.3. The smallest absolute Gasteiger partial charge is 0.137 e. The monoisotopic (exact) mass is 188 g/mol. The summed E-state index contributed by atoms with van der Waals surface area (Å²) in [5, 5.41) is 0. The van der Waals surface area contributed by atoms with Gasteiger partial charge in [-0.3, -0.25) is 4.79 Å². The van der Waals surface area contributed by atoms with Gasteiger partial charge >= 0.3 is 0 Å². The number of aryl methyl sites for hydroxylation is 1. The molecule has 1 nitrogen and oxygen atoms in total. The predicted octanol–water partition coefficient (Wildman–Crippen LogP) is 2.70. The maximum absolute atomic E-state index is 11.3. The van der Waals surface area contributed by atoms with E-state index in [0.29, 0.717) is 12.2 Å². The zero-order valence-corrected chi connectivity index (χ0v) is 8.68. The molecule has 0 unspecified atom stereocenters. The van der Waals surface area contributed by atoms with Crippen LogP contribution in [0.4, 0.5) is 0 Å². The molecule has 0 heterocycles. The number of Topliss-reactive ketones (excluding diaryl/α,β-unsaturated/α-hetero) is 1. The van der Waals surface area contributed by atoms with Gasteiger partial charge in [0.25, 0.3) is 0 Å². The van der Waals surface area contributed by atoms with Gasteiger partial charge in [0, 0.05) is 12.8 Å². The zero-order valence-electron chi connectivity index (χ0n) is 8.68. The van der Waals surface area contributed by atoms with Crippen molar-refractivity contribution in [2.45, 2.75) is 39.0 Å². The molecule has 0 saturated carbocycles. The Balaban J connectivity index is 2.36. The van der Waals surface area contributed by atoms with Crippen molar-refractivity contribution in [3.05, 3.63) is 34.9 Å². The van der Waals surface area contributed by atoms with Gasteiger partial charge in [0.15, 0.2) is 0 Å². The standard InChI is InChI=1S/C13H16O/c1-2-4-10-5-3-6-11-9-12(14)7-8-13(10)11/h3,5-6H,2,4,7-9H2,1H3. The maximum Gasteiger partial charge on any atom is 0.137 e. The SMILES string of the molecule is CCCc1cccc2c1CCC(=O)C2. The third-order valence-corrected chi connectivity index (χ3v) is 2.93. The molecular formula is C13H16O. The summed E-state index contributed by atoms with van der Waals surface area (Å²) in [5.41, 5.74) is 4.18. The molecule has 0 N–H and O–H groups in total. The molecule has 2 rings (SSSR count). The van der Waals surface area contributed by atoms with Gasteiger partial charge in [0.2, 0.25) is 0 Å². The molecule has 0 fully saturated rings. The number of hydrogen-bond donors (Lipinski definition) is 0. The first-order valence-electron chi connectivity index (χ1n) is 5.42. The fourth-order valence-corrected chi connectivity index (χ4v) is 2.24. The average molecular weight is 188 g/mol. The van der Waals surface area contributed by atoms with Crippen molar-refractivity contribution in [1.29, 1.82) is 0 Å². The van der Waals surface area contributed by atoms with Crippen LogP contribution >= 0.6 is 0 Å². The zero-order chi connectivity index (χ0) is 9.97. The Morgan fingerprint density at radius 1 is 1.29 bits per heavy atom. The third kappa shape index (κ3) is 1.72. The Bertz CT molecular complexity index is 352. The normalized spacial score (nSPS) is 15.4. The van der Waals surface area contributed by atoms with Gasteiger partial charge < -0.3 is 0 Å². The van der Waals surface area contributed by atoms with Crippen molar-refractivity contribution in [3.63, 3.8) is 0 Å². The second-order valence-corrected chi connectivity index (χ2v) is 4.02. The van der Waals surface area contributed by atoms with E-state index < -0.39 is 0 Å². The number of carbonyl (C=O) groups excluding carboxylic acids is 1. The molecule has 0 atom stereocenters. The first-order chi connectivity index (χ1) is 6.81. The van der Waals surface area contributed by atoms with Crippen molar-refractivity contribution in [1.82, 2.24) is 0 Å². The van der Waals surface area contributed by atoms with E-state index in [9.17, 15) is 4.79 Å². The van der Waals surface area contributed by atoms with Crippen LogP contribution in [0, 0.1) is 0 Å². The summed E-state index contributed by atoms with van der Waals surface area (Å²) in [6, 6.07) is 6.39. The lowest BCUT2D eigenvalue weighted by atomic mass is 9.86. The first-order valence-corrected chi connectivity index (χ1v) is 5.42. The molecule has 1 aromatic carbocycles. The molecule has 1 aliphatic carbocycles. The average Bonchev–Trinajstić information content (AvgIpc) is 2.18. The molecule has 1 heteroatoms. The van der Waals surface area contributed by atoms with Gasteiger partial charge in [-0.25, -0.2) is 0 Å². The van der Waals surface area contributed by atoms with Crippen molar-refractivity contribution >= 4 is 5.78 Å². The van der Waals surface area contributed by atoms with E-state index in [1.54, 1.807) is 0 Å². The van der Waals surface area contributed by atoms with Crippen molar-refractivity contribution < 1.29 is 4.79 Å². The molecule has 1 aliphatic rings. The highest BCUT2D eigenvalue weighted by molar-refractivity contribution is 5.83. The highest BCUT2D eigenvalue weighted by atomic mass is 16.1. The molecule has 0 aromatic heterocycles. The number of carbonyl (C=O) groups is 1. The van der Waals surface area contributed by atoms with E-state index in [1.807, 2.05) is 0 Å². The van der Waals surface area contributed by atoms with E-state index in [1.165, 1.54) is 23.1 Å². The summed E-state index contributed by atoms with van der Waals surface area (Å²) in [6.45, 7) is 2.20. The number of fused-ring (bicyclic) bond motifs is 1. The summed E-state index contributed by atoms with van der Waals surface area (Å²) >= 11 is 0. The lowest BCUT2D eigenvalue weighted by molar-refractivity contribution is -0.118. The molecule has 1 aromatic rings. The number of benzene rings is 1. The van der Waals surface area contributed by atoms with E-state index in [-0.39, 0.29) is 0 Å². The van der Waals surface area contributed by atoms with Gasteiger partial charge in [0.1, 0.15) is 5.78 Å². The second kappa shape index (κ2) is 3.95. The minimum atomic E-state index is 0.395. The Labute approximate surface area is 85.1 Å². The fraction of sp³-hybridized carbons (Fsp3) is 0.462. The van der Waals surface area contributed by atoms with E-state index in [0.717, 1.165) is 19.3 Å². The molecule has 74 valence electrons. The molecule has 0 spiro atoms. The molecule has 0 radical (unpaired) electrons. The van der Waals surface area contributed by atoms with Crippen molar-refractivity contribution in [2.75, 3.05) is 0 Å². The lowest BCUT2D eigenvalue weighted by Crippen LogP contribution is -2.14. The predicted molar refractivity (Wildman–Crippen MR) is 57.5 cm³/mol. The Kier molecular flexibility index (Phi) is 2.67. The minimum Gasteiger partial charge on any atom is -0.299 e. The topological polar surface area (TPSA) is 17.1 Å². The van der Waals surface area contributed by atoms with Crippen LogP contribution in [0.2, 0.25) is 0 Å². The van der Waals surface area contributed by atoms with Crippen LogP contribution in [0.15, 0.2) is 18.2 Å². The van der Waals surface area contributed by atoms with E-state index in [4.69, 9.17) is 0 Å². The Morgan fingerprint density at radius 3 is 2.93 bits per heavy atom. The van der Waals surface area contributed by atoms with Crippen molar-refractivity contribution in [2.24, 2.45) is 0 Å². The summed E-state index contributed by atoms with van der Waals surface area (Å²) in [6.07, 6.45) is 4.70. The van der Waals surface area contributed by atoms with E-state index >= 15 is 0 Å². The van der Waals surface area contributed by atoms with Crippen LogP contribution in [0.1, 0.15) is 36.5 Å². The number of hydrogen-bond acceptors (Lipinski definition) is 1. The maximum atomic E-state index is 11.3. The quantitative estimate of drug-likeness (QED) is 0.697. The number of ketones is 1. The second-order valence-electron chi connectivity index (χ2n) is 4.02. The van der Waals surface area contributed by atoms with E-state index in [2.05, 4.69) is 25.1 Å².